The van der Waals surface area contributed by atoms with Crippen LogP contribution in [-0.2, 0) is 11.2 Å². The molecule has 4 nitrogen and oxygen atoms in total. The van der Waals surface area contributed by atoms with Crippen molar-refractivity contribution < 1.29 is 9.21 Å². The molecule has 0 aromatic carbocycles. The molecule has 0 bridgehead atoms. The van der Waals surface area contributed by atoms with Gasteiger partial charge >= 0.3 is 0 Å². The van der Waals surface area contributed by atoms with E-state index in [2.05, 4.69) is 37.1 Å². The van der Waals surface area contributed by atoms with E-state index in [0.29, 0.717) is 0 Å². The van der Waals surface area contributed by atoms with Crippen molar-refractivity contribution in [2.75, 3.05) is 0 Å². The van der Waals surface area contributed by atoms with Crippen molar-refractivity contribution in [3.8, 4) is 10.8 Å². The molecule has 1 N–H and O–H groups in total. The lowest BCUT2D eigenvalue weighted by molar-refractivity contribution is -0.122. The van der Waals surface area contributed by atoms with Crippen molar-refractivity contribution in [3.05, 3.63) is 51.4 Å². The van der Waals surface area contributed by atoms with E-state index in [4.69, 9.17) is 4.42 Å². The quantitative estimate of drug-likeness (QED) is 0.666. The number of thiazole rings is 1. The van der Waals surface area contributed by atoms with E-state index in [0.717, 1.165) is 22.2 Å². The van der Waals surface area contributed by atoms with E-state index in [-0.39, 0.29) is 23.8 Å². The fourth-order valence-corrected chi connectivity index (χ4v) is 4.40. The molecule has 0 aliphatic rings. The van der Waals surface area contributed by atoms with Crippen LogP contribution < -0.4 is 5.32 Å². The number of hydrogen-bond acceptors (Lipinski definition) is 5. The van der Waals surface area contributed by atoms with E-state index < -0.39 is 0 Å². The average molecular weight is 375 g/mol. The number of nitrogens with one attached hydrogen (secondary N) is 1. The summed E-state index contributed by atoms with van der Waals surface area (Å²) in [6.07, 6.45) is 0.272. The predicted octanol–water partition coefficient (Wildman–Crippen LogP) is 5.22. The van der Waals surface area contributed by atoms with E-state index in [1.54, 1.807) is 11.3 Å². The minimum absolute atomic E-state index is 0.00849. The van der Waals surface area contributed by atoms with Gasteiger partial charge in [0.2, 0.25) is 5.91 Å². The number of rotatable bonds is 5. The third-order valence-electron chi connectivity index (χ3n) is 3.84. The van der Waals surface area contributed by atoms with Gasteiger partial charge in [-0.25, -0.2) is 4.98 Å². The van der Waals surface area contributed by atoms with Gasteiger partial charge in [-0.2, -0.15) is 0 Å². The molecule has 0 aliphatic carbocycles. The maximum atomic E-state index is 12.5. The molecular weight excluding hydrogens is 352 g/mol. The number of aromatic nitrogens is 1. The number of nitrogens with zero attached hydrogens (tertiary/aromatic N) is 1. The lowest BCUT2D eigenvalue weighted by atomic mass is 9.85. The second-order valence-electron chi connectivity index (χ2n) is 7.11. The van der Waals surface area contributed by atoms with Crippen molar-refractivity contribution in [3.63, 3.8) is 0 Å². The monoisotopic (exact) mass is 374 g/mol. The zero-order valence-corrected chi connectivity index (χ0v) is 16.5. The van der Waals surface area contributed by atoms with Gasteiger partial charge in [0.1, 0.15) is 5.76 Å². The van der Waals surface area contributed by atoms with E-state index in [1.165, 1.54) is 16.2 Å². The number of aryl methyl sites for hydroxylation is 1. The molecule has 0 fully saturated rings. The summed E-state index contributed by atoms with van der Waals surface area (Å²) in [5, 5.41) is 7.94. The second kappa shape index (κ2) is 7.14. The first kappa shape index (κ1) is 17.9. The Morgan fingerprint density at radius 3 is 2.68 bits per heavy atom. The van der Waals surface area contributed by atoms with Gasteiger partial charge in [-0.05, 0) is 35.9 Å². The summed E-state index contributed by atoms with van der Waals surface area (Å²) in [4.78, 5) is 18.3. The minimum atomic E-state index is -0.0561. The summed E-state index contributed by atoms with van der Waals surface area (Å²) in [5.41, 5.74) is 0.713. The van der Waals surface area contributed by atoms with Gasteiger partial charge in [0.05, 0.1) is 18.2 Å². The first-order chi connectivity index (χ1) is 11.8. The van der Waals surface area contributed by atoms with E-state index >= 15 is 0 Å². The normalized spacial score (nSPS) is 13.0. The van der Waals surface area contributed by atoms with Gasteiger partial charge in [0, 0.05) is 10.3 Å². The number of thiophene rings is 1. The summed E-state index contributed by atoms with van der Waals surface area (Å²) >= 11 is 3.17. The van der Waals surface area contributed by atoms with Gasteiger partial charge in [-0.1, -0.05) is 26.8 Å². The second-order valence-corrected chi connectivity index (χ2v) is 8.95. The van der Waals surface area contributed by atoms with E-state index in [9.17, 15) is 4.79 Å². The van der Waals surface area contributed by atoms with E-state index in [1.807, 2.05) is 35.9 Å². The highest BCUT2D eigenvalue weighted by molar-refractivity contribution is 7.13. The third-order valence-corrected chi connectivity index (χ3v) is 5.69. The Bertz CT molecular complexity index is 841. The molecule has 3 rings (SSSR count). The standard InChI is InChI=1S/C19H22N2O2S2/c1-12-7-8-14(23-12)18-20-13(11-25-18)10-16(22)21-17(19(2,3)4)15-6-5-9-24-15/h5-9,11,17H,10H2,1-4H3,(H,21,22). The topological polar surface area (TPSA) is 55.1 Å². The Balaban J connectivity index is 1.69. The summed E-state index contributed by atoms with van der Waals surface area (Å²) in [5.74, 6) is 1.59. The van der Waals surface area contributed by atoms with Crippen LogP contribution in [0, 0.1) is 12.3 Å². The van der Waals surface area contributed by atoms with Crippen LogP contribution in [-0.4, -0.2) is 10.9 Å². The van der Waals surface area contributed by atoms with Crippen LogP contribution in [0.5, 0.6) is 0 Å². The maximum absolute atomic E-state index is 12.5. The van der Waals surface area contributed by atoms with Crippen LogP contribution in [0.2, 0.25) is 0 Å². The number of carbonyl (C=O) groups is 1. The summed E-state index contributed by atoms with van der Waals surface area (Å²) in [6.45, 7) is 8.32. The fourth-order valence-electron chi connectivity index (χ4n) is 2.60. The maximum Gasteiger partial charge on any atom is 0.226 e. The molecule has 1 atom stereocenters. The molecule has 3 heterocycles. The highest BCUT2D eigenvalue weighted by Crippen LogP contribution is 2.35. The molecule has 3 aromatic rings. The van der Waals surface area contributed by atoms with Crippen molar-refractivity contribution in [2.24, 2.45) is 5.41 Å². The van der Waals surface area contributed by atoms with Gasteiger partial charge in [0.15, 0.2) is 10.8 Å². The molecule has 25 heavy (non-hydrogen) atoms. The first-order valence-corrected chi connectivity index (χ1v) is 9.93. The zero-order chi connectivity index (χ0) is 18.0. The van der Waals surface area contributed by atoms with Crippen molar-refractivity contribution in [1.82, 2.24) is 10.3 Å². The smallest absolute Gasteiger partial charge is 0.226 e. The molecule has 0 aliphatic heterocycles. The summed E-state index contributed by atoms with van der Waals surface area (Å²) < 4.78 is 5.59. The zero-order valence-electron chi connectivity index (χ0n) is 14.8. The molecule has 6 heteroatoms. The lowest BCUT2D eigenvalue weighted by Crippen LogP contribution is -2.37. The molecule has 0 radical (unpaired) electrons. The first-order valence-electron chi connectivity index (χ1n) is 8.17. The third kappa shape index (κ3) is 4.38. The predicted molar refractivity (Wildman–Crippen MR) is 103 cm³/mol. The largest absolute Gasteiger partial charge is 0.459 e. The number of carbonyl (C=O) groups excluding carboxylic acids is 1. The Morgan fingerprint density at radius 1 is 1.28 bits per heavy atom. The summed E-state index contributed by atoms with van der Waals surface area (Å²) in [7, 11) is 0. The average Bonchev–Trinajstić information content (AvgIpc) is 3.24. The molecule has 1 amide bonds. The number of furan rings is 1. The lowest BCUT2D eigenvalue weighted by Gasteiger charge is -2.30. The Hall–Kier alpha value is -1.92. The van der Waals surface area contributed by atoms with Crippen molar-refractivity contribution in [2.45, 2.75) is 40.2 Å². The molecule has 1 unspecified atom stereocenters. The summed E-state index contributed by atoms with van der Waals surface area (Å²) in [6, 6.07) is 7.90. The van der Waals surface area contributed by atoms with Crippen molar-refractivity contribution in [1.29, 1.82) is 0 Å². The van der Waals surface area contributed by atoms with Crippen LogP contribution in [0.4, 0.5) is 0 Å². The Morgan fingerprint density at radius 2 is 2.08 bits per heavy atom. The van der Waals surface area contributed by atoms with Crippen LogP contribution in [0.3, 0.4) is 0 Å². The van der Waals surface area contributed by atoms with Crippen LogP contribution in [0.25, 0.3) is 10.8 Å². The van der Waals surface area contributed by atoms with Crippen LogP contribution in [0.15, 0.2) is 39.4 Å². The SMILES string of the molecule is Cc1ccc(-c2nc(CC(=O)NC(c3cccs3)C(C)(C)C)cs2)o1. The van der Waals surface area contributed by atoms with Crippen LogP contribution in [0.1, 0.15) is 43.1 Å². The number of hydrogen-bond donors (Lipinski definition) is 1. The minimum Gasteiger partial charge on any atom is -0.459 e. The molecular formula is C19H22N2O2S2. The molecule has 0 saturated heterocycles. The van der Waals surface area contributed by atoms with Gasteiger partial charge in [0.25, 0.3) is 0 Å². The molecule has 0 saturated carbocycles. The molecule has 132 valence electrons. The van der Waals surface area contributed by atoms with Gasteiger partial charge in [-0.15, -0.1) is 22.7 Å². The highest BCUT2D eigenvalue weighted by Gasteiger charge is 2.28. The highest BCUT2D eigenvalue weighted by atomic mass is 32.1. The van der Waals surface area contributed by atoms with Crippen LogP contribution >= 0.6 is 22.7 Å². The van der Waals surface area contributed by atoms with Crippen molar-refractivity contribution >= 4 is 28.6 Å². The Kier molecular flexibility index (Phi) is 5.11. The fraction of sp³-hybridized carbons (Fsp3) is 0.368. The molecule has 3 aromatic heterocycles. The Labute approximate surface area is 155 Å². The van der Waals surface area contributed by atoms with Gasteiger partial charge in [-0.3, -0.25) is 4.79 Å². The molecule has 0 spiro atoms. The van der Waals surface area contributed by atoms with Gasteiger partial charge < -0.3 is 9.73 Å². The number of amides is 1.